The fourth-order valence-electron chi connectivity index (χ4n) is 11.1. The predicted octanol–water partition coefficient (Wildman–Crippen LogP) is 19.8. The molecule has 4 nitrogen and oxygen atoms in total. The van der Waals surface area contributed by atoms with Crippen LogP contribution in [0.4, 0.5) is 39.8 Å². The topological polar surface area (TPSA) is 34.6 Å². The van der Waals surface area contributed by atoms with E-state index in [1.807, 2.05) is 24.3 Å². The molecule has 0 aliphatic carbocycles. The Balaban J connectivity index is 1.12. The molecule has 0 saturated heterocycles. The number of anilines is 6. The summed E-state index contributed by atoms with van der Waals surface area (Å²) in [4.78, 5) is 8.52. The van der Waals surface area contributed by atoms with Gasteiger partial charge in [-0.15, -0.1) is 0 Å². The van der Waals surface area contributed by atoms with Crippen molar-refractivity contribution in [1.29, 1.82) is 5.26 Å². The Labute approximate surface area is 433 Å². The molecule has 0 radical (unpaired) electrons. The van der Waals surface area contributed by atoms with E-state index in [9.17, 15) is 5.26 Å². The van der Waals surface area contributed by atoms with Gasteiger partial charge in [0.2, 0.25) is 0 Å². The number of nitrogens with zero attached hydrogens (tertiary/aromatic N) is 4. The molecule has 0 aliphatic rings. The van der Waals surface area contributed by atoms with Gasteiger partial charge >= 0.3 is 0 Å². The molecule has 4 heteroatoms. The van der Waals surface area contributed by atoms with Crippen molar-refractivity contribution in [2.45, 2.75) is 27.7 Å². The first-order valence-electron chi connectivity index (χ1n) is 25.1. The van der Waals surface area contributed by atoms with Crippen LogP contribution in [0.15, 0.2) is 231 Å². The summed E-state index contributed by atoms with van der Waals surface area (Å²) in [6.07, 6.45) is 0. The normalized spacial score (nSPS) is 11.2. The molecule has 0 fully saturated rings. The summed E-state index contributed by atoms with van der Waals surface area (Å²) in [6, 6.07) is 84.7. The smallest absolute Gasteiger partial charge is 0.187 e. The van der Waals surface area contributed by atoms with Crippen LogP contribution >= 0.6 is 0 Å². The van der Waals surface area contributed by atoms with Gasteiger partial charge in [-0.3, -0.25) is 0 Å². The molecule has 0 N–H and O–H groups in total. The van der Waals surface area contributed by atoms with Crippen LogP contribution in [0.2, 0.25) is 0 Å². The third-order valence-electron chi connectivity index (χ3n) is 14.8. The maximum atomic E-state index is 9.98. The maximum absolute atomic E-state index is 9.98. The van der Waals surface area contributed by atoms with Crippen LogP contribution in [0.1, 0.15) is 27.8 Å². The number of aryl methyl sites for hydroxylation is 4. The number of hydrogen-bond donors (Lipinski definition) is 0. The summed E-state index contributed by atoms with van der Waals surface area (Å²) in [6.45, 7) is 16.6. The lowest BCUT2D eigenvalue weighted by Gasteiger charge is -2.30. The van der Waals surface area contributed by atoms with Crippen molar-refractivity contribution >= 4 is 72.1 Å². The monoisotopic (exact) mass is 946 g/mol. The van der Waals surface area contributed by atoms with E-state index in [0.29, 0.717) is 11.3 Å². The number of hydrogen-bond acceptors (Lipinski definition) is 3. The lowest BCUT2D eigenvalue weighted by atomic mass is 9.90. The van der Waals surface area contributed by atoms with Gasteiger partial charge in [0, 0.05) is 33.5 Å². The summed E-state index contributed by atoms with van der Waals surface area (Å²) < 4.78 is 0. The van der Waals surface area contributed by atoms with Gasteiger partial charge in [-0.2, -0.15) is 5.26 Å². The van der Waals surface area contributed by atoms with E-state index in [0.717, 1.165) is 77.9 Å². The lowest BCUT2D eigenvalue weighted by Crippen LogP contribution is -2.12. The molecule has 0 unspecified atom stereocenters. The third kappa shape index (κ3) is 8.06. The summed E-state index contributed by atoms with van der Waals surface area (Å²) in [5.41, 5.74) is 21.2. The minimum Gasteiger partial charge on any atom is -0.310 e. The van der Waals surface area contributed by atoms with E-state index >= 15 is 0 Å². The maximum Gasteiger partial charge on any atom is 0.187 e. The van der Waals surface area contributed by atoms with E-state index in [-0.39, 0.29) is 0 Å². The Morgan fingerprint density at radius 3 is 1.04 bits per heavy atom. The first-order valence-corrected chi connectivity index (χ1v) is 25.1. The Morgan fingerprint density at radius 2 is 0.703 bits per heavy atom. The quantitative estimate of drug-likeness (QED) is 0.101. The molecule has 12 aromatic rings. The van der Waals surface area contributed by atoms with Gasteiger partial charge in [-0.1, -0.05) is 146 Å². The van der Waals surface area contributed by atoms with Crippen LogP contribution in [0.3, 0.4) is 0 Å². The van der Waals surface area contributed by atoms with Crippen LogP contribution in [-0.2, 0) is 0 Å². The molecular weight excluding hydrogens is 897 g/mol. The first-order chi connectivity index (χ1) is 36.2. The zero-order valence-electron chi connectivity index (χ0n) is 41.7. The predicted molar refractivity (Wildman–Crippen MR) is 311 cm³/mol. The molecule has 12 rings (SSSR count). The summed E-state index contributed by atoms with van der Waals surface area (Å²) in [5, 5.41) is 16.8. The average molecular weight is 947 g/mol. The molecule has 0 aromatic heterocycles. The van der Waals surface area contributed by atoms with Crippen LogP contribution in [-0.4, -0.2) is 0 Å². The van der Waals surface area contributed by atoms with Crippen LogP contribution in [0.5, 0.6) is 0 Å². The van der Waals surface area contributed by atoms with Gasteiger partial charge in [-0.25, -0.2) is 4.85 Å². The van der Waals surface area contributed by atoms with E-state index < -0.39 is 0 Å². The van der Waals surface area contributed by atoms with Crippen molar-refractivity contribution in [1.82, 2.24) is 0 Å². The van der Waals surface area contributed by atoms with E-state index in [1.54, 1.807) is 0 Å². The standard InChI is InChI=1S/C70H50N4/c1-45-14-6-10-18-61(45)52-38-53(62-19-11-7-15-46(62)2)41-59(40-52)73(57-30-22-49(44-71)23-31-57)67-36-26-50-25-35-66-68(37-27-51-24-34-65(67)69(50)70(51)66)74(58-32-28-56(72-5)29-33-58)60-42-54(63-20-12-8-16-47(63)3)39-55(43-60)64-21-13-9-17-48(64)4/h6-43H,1-4H3. The second kappa shape index (κ2) is 18.8. The number of rotatable bonds is 10. The Bertz CT molecular complexity index is 3810. The summed E-state index contributed by atoms with van der Waals surface area (Å²) in [7, 11) is 0. The van der Waals surface area contributed by atoms with E-state index in [4.69, 9.17) is 6.57 Å². The Morgan fingerprint density at radius 1 is 0.365 bits per heavy atom. The van der Waals surface area contributed by atoms with E-state index in [2.05, 4.69) is 255 Å². The van der Waals surface area contributed by atoms with Crippen molar-refractivity contribution in [3.8, 4) is 50.6 Å². The highest BCUT2D eigenvalue weighted by atomic mass is 15.2. The third-order valence-corrected chi connectivity index (χ3v) is 14.8. The van der Waals surface area contributed by atoms with Crippen molar-refractivity contribution in [2.24, 2.45) is 0 Å². The Hall–Kier alpha value is -9.74. The minimum atomic E-state index is 0.591. The van der Waals surface area contributed by atoms with Crippen molar-refractivity contribution < 1.29 is 0 Å². The second-order valence-corrected chi connectivity index (χ2v) is 19.3. The largest absolute Gasteiger partial charge is 0.310 e. The molecular formula is C70H50N4. The molecule has 0 atom stereocenters. The van der Waals surface area contributed by atoms with Crippen molar-refractivity contribution in [3.63, 3.8) is 0 Å². The molecule has 12 aromatic carbocycles. The number of benzene rings is 12. The molecule has 0 heterocycles. The summed E-state index contributed by atoms with van der Waals surface area (Å²) in [5.74, 6) is 0. The van der Waals surface area contributed by atoms with Crippen molar-refractivity contribution in [2.75, 3.05) is 9.80 Å². The van der Waals surface area contributed by atoms with Gasteiger partial charge in [0.15, 0.2) is 5.69 Å². The highest BCUT2D eigenvalue weighted by molar-refractivity contribution is 6.28. The highest BCUT2D eigenvalue weighted by Gasteiger charge is 2.24. The Kier molecular flexibility index (Phi) is 11.5. The first kappa shape index (κ1) is 45.4. The highest BCUT2D eigenvalue weighted by Crippen LogP contribution is 2.50. The lowest BCUT2D eigenvalue weighted by molar-refractivity contribution is 1.29. The fourth-order valence-corrected chi connectivity index (χ4v) is 11.1. The van der Waals surface area contributed by atoms with Gasteiger partial charge in [-0.05, 0) is 201 Å². The zero-order chi connectivity index (χ0) is 50.5. The molecule has 74 heavy (non-hydrogen) atoms. The molecule has 0 spiro atoms. The fraction of sp³-hybridized carbons (Fsp3) is 0.0571. The molecule has 350 valence electrons. The van der Waals surface area contributed by atoms with Crippen LogP contribution < -0.4 is 9.80 Å². The minimum absolute atomic E-state index is 0.591. The molecule has 0 bridgehead atoms. The SMILES string of the molecule is [C-]#[N+]c1ccc(N(c2cc(-c3ccccc3C)cc(-c3ccccc3C)c2)c2ccc3ccc4c(N(c5ccc(C#N)cc5)c5cc(-c6ccccc6C)cc(-c6ccccc6C)c5)ccc5ccc2c3c54)cc1. The molecule has 0 saturated carbocycles. The second-order valence-electron chi connectivity index (χ2n) is 19.3. The number of nitriles is 1. The summed E-state index contributed by atoms with van der Waals surface area (Å²) >= 11 is 0. The van der Waals surface area contributed by atoms with Gasteiger partial charge < -0.3 is 9.80 Å². The van der Waals surface area contributed by atoms with E-state index in [1.165, 1.54) is 55.3 Å². The van der Waals surface area contributed by atoms with Gasteiger partial charge in [0.1, 0.15) is 0 Å². The zero-order valence-corrected chi connectivity index (χ0v) is 41.7. The average Bonchev–Trinajstić information content (AvgIpc) is 3.46. The molecule has 0 aliphatic heterocycles. The van der Waals surface area contributed by atoms with Gasteiger partial charge in [0.05, 0.1) is 29.6 Å². The van der Waals surface area contributed by atoms with Crippen LogP contribution in [0, 0.1) is 45.6 Å². The molecule has 0 amide bonds. The van der Waals surface area contributed by atoms with Crippen molar-refractivity contribution in [3.05, 3.63) is 270 Å². The van der Waals surface area contributed by atoms with Crippen LogP contribution in [0.25, 0.3) is 81.7 Å². The van der Waals surface area contributed by atoms with Gasteiger partial charge in [0.25, 0.3) is 0 Å².